The van der Waals surface area contributed by atoms with Gasteiger partial charge in [-0.15, -0.1) is 0 Å². The average Bonchev–Trinajstić information content (AvgIpc) is 3.00. The van der Waals surface area contributed by atoms with Crippen LogP contribution in [0.3, 0.4) is 0 Å². The lowest BCUT2D eigenvalue weighted by molar-refractivity contribution is 0.350. The highest BCUT2D eigenvalue weighted by Gasteiger charge is 2.19. The van der Waals surface area contributed by atoms with Gasteiger partial charge in [0, 0.05) is 17.8 Å². The number of nitrogens with one attached hydrogen (secondary N) is 2. The molecule has 3 N–H and O–H groups in total. The third-order valence-corrected chi connectivity index (χ3v) is 4.35. The maximum atomic E-state index is 12.1. The largest absolute Gasteiger partial charge is 0.384 e. The summed E-state index contributed by atoms with van der Waals surface area (Å²) in [4.78, 5) is 0.0970. The fourth-order valence-electron chi connectivity index (χ4n) is 1.75. The highest BCUT2D eigenvalue weighted by atomic mass is 32.2. The molecule has 0 aliphatic rings. The molecular formula is C14H15N3O3S. The quantitative estimate of drug-likeness (QED) is 0.728. The molecule has 0 saturated heterocycles. The topological polar surface area (TPSA) is 95.1 Å². The van der Waals surface area contributed by atoms with E-state index in [2.05, 4.69) is 26.8 Å². The molecule has 110 valence electrons. The molecule has 1 unspecified atom stereocenters. The summed E-state index contributed by atoms with van der Waals surface area (Å²) in [7, 11) is -3.59. The highest BCUT2D eigenvalue weighted by molar-refractivity contribution is 7.89. The first-order valence-corrected chi connectivity index (χ1v) is 7.72. The van der Waals surface area contributed by atoms with E-state index >= 15 is 0 Å². The van der Waals surface area contributed by atoms with Crippen molar-refractivity contribution in [3.8, 4) is 11.8 Å². The monoisotopic (exact) mass is 305 g/mol. The lowest BCUT2D eigenvalue weighted by Crippen LogP contribution is -2.26. The number of aromatic amines is 1. The van der Waals surface area contributed by atoms with Crippen LogP contribution in [0.1, 0.15) is 24.1 Å². The Balaban J connectivity index is 2.12. The minimum absolute atomic E-state index is 0.0970. The molecule has 2 aromatic rings. The molecule has 2 rings (SSSR count). The van der Waals surface area contributed by atoms with Crippen LogP contribution in [0.4, 0.5) is 0 Å². The Morgan fingerprint density at radius 3 is 2.67 bits per heavy atom. The summed E-state index contributed by atoms with van der Waals surface area (Å²) in [5.41, 5.74) is 1.58. The molecule has 1 aromatic heterocycles. The Morgan fingerprint density at radius 2 is 2.10 bits per heavy atom. The van der Waals surface area contributed by atoms with Crippen molar-refractivity contribution < 1.29 is 13.5 Å². The summed E-state index contributed by atoms with van der Waals surface area (Å²) in [6.45, 7) is 1.56. The van der Waals surface area contributed by atoms with Crippen LogP contribution in [0.5, 0.6) is 0 Å². The molecule has 1 aromatic carbocycles. The van der Waals surface area contributed by atoms with Crippen molar-refractivity contribution in [1.82, 2.24) is 14.9 Å². The Morgan fingerprint density at radius 1 is 1.38 bits per heavy atom. The van der Waals surface area contributed by atoms with Crippen molar-refractivity contribution in [2.24, 2.45) is 0 Å². The van der Waals surface area contributed by atoms with Crippen LogP contribution < -0.4 is 4.72 Å². The van der Waals surface area contributed by atoms with Crippen LogP contribution in [0.15, 0.2) is 41.6 Å². The van der Waals surface area contributed by atoms with Crippen LogP contribution >= 0.6 is 0 Å². The van der Waals surface area contributed by atoms with Crippen molar-refractivity contribution in [2.75, 3.05) is 6.61 Å². The van der Waals surface area contributed by atoms with E-state index in [1.165, 1.54) is 12.4 Å². The van der Waals surface area contributed by atoms with E-state index in [-0.39, 0.29) is 17.5 Å². The van der Waals surface area contributed by atoms with Crippen LogP contribution in [0.25, 0.3) is 0 Å². The van der Waals surface area contributed by atoms with Crippen molar-refractivity contribution in [2.45, 2.75) is 17.9 Å². The van der Waals surface area contributed by atoms with Gasteiger partial charge in [0.2, 0.25) is 10.0 Å². The van der Waals surface area contributed by atoms with Gasteiger partial charge < -0.3 is 5.11 Å². The molecule has 0 aliphatic heterocycles. The van der Waals surface area contributed by atoms with Gasteiger partial charge in [0.15, 0.2) is 0 Å². The predicted molar refractivity (Wildman–Crippen MR) is 77.7 cm³/mol. The molecule has 1 heterocycles. The SMILES string of the molecule is CC(NS(=O)(=O)c1cn[nH]c1)c1ccc(C#CCO)cc1. The number of benzene rings is 1. The van der Waals surface area contributed by atoms with Crippen LogP contribution in [0.2, 0.25) is 0 Å². The minimum Gasteiger partial charge on any atom is -0.384 e. The third kappa shape index (κ3) is 3.92. The standard InChI is InChI=1S/C14H15N3O3S/c1-11(17-21(19,20)14-9-15-16-10-14)13-6-4-12(5-7-13)3-2-8-18/h4-7,9-11,17-18H,8H2,1H3,(H,15,16). The fraction of sp³-hybridized carbons (Fsp3) is 0.214. The fourth-order valence-corrected chi connectivity index (χ4v) is 2.89. The molecule has 0 spiro atoms. The Bertz CT molecular complexity index is 741. The molecule has 7 heteroatoms. The maximum Gasteiger partial charge on any atom is 0.244 e. The van der Waals surface area contributed by atoms with Crippen molar-refractivity contribution in [3.63, 3.8) is 0 Å². The van der Waals surface area contributed by atoms with Crippen molar-refractivity contribution in [3.05, 3.63) is 47.8 Å². The molecule has 0 fully saturated rings. The predicted octanol–water partition coefficient (Wildman–Crippen LogP) is 0.793. The zero-order chi connectivity index (χ0) is 15.3. The Labute approximate surface area is 123 Å². The van der Waals surface area contributed by atoms with Gasteiger partial charge in [0.05, 0.1) is 6.20 Å². The first-order chi connectivity index (χ1) is 10.0. The molecule has 0 aliphatic carbocycles. The smallest absolute Gasteiger partial charge is 0.244 e. The number of rotatable bonds is 4. The average molecular weight is 305 g/mol. The van der Waals surface area contributed by atoms with Gasteiger partial charge >= 0.3 is 0 Å². The molecular weight excluding hydrogens is 290 g/mol. The number of sulfonamides is 1. The van der Waals surface area contributed by atoms with Crippen molar-refractivity contribution in [1.29, 1.82) is 0 Å². The van der Waals surface area contributed by atoms with Gasteiger partial charge in [-0.25, -0.2) is 13.1 Å². The van der Waals surface area contributed by atoms with Crippen LogP contribution in [0, 0.1) is 11.8 Å². The minimum atomic E-state index is -3.59. The molecule has 0 radical (unpaired) electrons. The van der Waals surface area contributed by atoms with E-state index < -0.39 is 10.0 Å². The summed E-state index contributed by atoms with van der Waals surface area (Å²) >= 11 is 0. The molecule has 0 saturated carbocycles. The highest BCUT2D eigenvalue weighted by Crippen LogP contribution is 2.16. The normalized spacial score (nSPS) is 12.5. The Hall–Kier alpha value is -2.14. The first-order valence-electron chi connectivity index (χ1n) is 6.24. The van der Waals surface area contributed by atoms with Gasteiger partial charge in [0.1, 0.15) is 11.5 Å². The van der Waals surface area contributed by atoms with Crippen LogP contribution in [-0.4, -0.2) is 30.3 Å². The van der Waals surface area contributed by atoms with Gasteiger partial charge in [-0.1, -0.05) is 24.0 Å². The Kier molecular flexibility index (Phi) is 4.75. The molecule has 1 atom stereocenters. The van der Waals surface area contributed by atoms with Gasteiger partial charge in [-0.05, 0) is 24.6 Å². The maximum absolute atomic E-state index is 12.1. The summed E-state index contributed by atoms with van der Waals surface area (Å²) in [6, 6.07) is 6.76. The van der Waals surface area contributed by atoms with Gasteiger partial charge in [0.25, 0.3) is 0 Å². The zero-order valence-corrected chi connectivity index (χ0v) is 12.2. The number of aliphatic hydroxyl groups excluding tert-OH is 1. The number of nitrogens with zero attached hydrogens (tertiary/aromatic N) is 1. The second-order valence-corrected chi connectivity index (χ2v) is 6.07. The summed E-state index contributed by atoms with van der Waals surface area (Å²) in [5, 5.41) is 14.7. The van der Waals surface area contributed by atoms with E-state index in [9.17, 15) is 8.42 Å². The number of H-pyrrole nitrogens is 1. The molecule has 0 bridgehead atoms. The van der Waals surface area contributed by atoms with Gasteiger partial charge in [-0.2, -0.15) is 5.10 Å². The first kappa shape index (κ1) is 15.3. The number of hydrogen-bond donors (Lipinski definition) is 3. The number of aliphatic hydroxyl groups is 1. The summed E-state index contributed by atoms with van der Waals surface area (Å²) < 4.78 is 26.7. The lowest BCUT2D eigenvalue weighted by atomic mass is 10.1. The molecule has 21 heavy (non-hydrogen) atoms. The summed E-state index contributed by atoms with van der Waals surface area (Å²) in [6.07, 6.45) is 2.57. The van der Waals surface area contributed by atoms with E-state index in [0.717, 1.165) is 11.1 Å². The van der Waals surface area contributed by atoms with Crippen LogP contribution in [-0.2, 0) is 10.0 Å². The second-order valence-electron chi connectivity index (χ2n) is 4.36. The van der Waals surface area contributed by atoms with E-state index in [1.54, 1.807) is 31.2 Å². The van der Waals surface area contributed by atoms with E-state index in [4.69, 9.17) is 5.11 Å². The lowest BCUT2D eigenvalue weighted by Gasteiger charge is -2.13. The summed E-state index contributed by atoms with van der Waals surface area (Å²) in [5.74, 6) is 5.33. The zero-order valence-electron chi connectivity index (χ0n) is 11.4. The molecule has 0 amide bonds. The second kappa shape index (κ2) is 6.54. The van der Waals surface area contributed by atoms with Crippen molar-refractivity contribution >= 4 is 10.0 Å². The number of hydrogen-bond acceptors (Lipinski definition) is 4. The van der Waals surface area contributed by atoms with E-state index in [1.807, 2.05) is 0 Å². The molecule has 6 nitrogen and oxygen atoms in total. The van der Waals surface area contributed by atoms with E-state index in [0.29, 0.717) is 0 Å². The number of aromatic nitrogens is 2. The van der Waals surface area contributed by atoms with Gasteiger partial charge in [-0.3, -0.25) is 5.10 Å². The third-order valence-electron chi connectivity index (χ3n) is 2.84.